The van der Waals surface area contributed by atoms with E-state index in [0.29, 0.717) is 19.6 Å². The SMILES string of the molecule is CNCC(C)C(=O)NCCn1cccn1. The van der Waals surface area contributed by atoms with Crippen LogP contribution in [0.1, 0.15) is 6.92 Å². The van der Waals surface area contributed by atoms with E-state index in [1.807, 2.05) is 26.2 Å². The van der Waals surface area contributed by atoms with Crippen LogP contribution in [-0.4, -0.2) is 35.8 Å². The lowest BCUT2D eigenvalue weighted by atomic mass is 10.1. The van der Waals surface area contributed by atoms with Gasteiger partial charge >= 0.3 is 0 Å². The Balaban J connectivity index is 2.17. The van der Waals surface area contributed by atoms with Crippen LogP contribution < -0.4 is 10.6 Å². The highest BCUT2D eigenvalue weighted by Crippen LogP contribution is 1.91. The summed E-state index contributed by atoms with van der Waals surface area (Å²) in [5.74, 6) is 0.0872. The maximum absolute atomic E-state index is 11.5. The fourth-order valence-electron chi connectivity index (χ4n) is 1.30. The van der Waals surface area contributed by atoms with E-state index in [1.165, 1.54) is 0 Å². The number of amides is 1. The zero-order valence-electron chi connectivity index (χ0n) is 9.23. The molecule has 5 nitrogen and oxygen atoms in total. The third-order valence-corrected chi connectivity index (χ3v) is 2.16. The average molecular weight is 210 g/mol. The van der Waals surface area contributed by atoms with E-state index in [4.69, 9.17) is 0 Å². The molecule has 1 aromatic heterocycles. The zero-order chi connectivity index (χ0) is 11.1. The van der Waals surface area contributed by atoms with Crippen molar-refractivity contribution in [3.63, 3.8) is 0 Å². The van der Waals surface area contributed by atoms with Gasteiger partial charge in [0, 0.05) is 31.4 Å². The van der Waals surface area contributed by atoms with Crippen LogP contribution in [0.25, 0.3) is 0 Å². The first-order valence-electron chi connectivity index (χ1n) is 5.13. The lowest BCUT2D eigenvalue weighted by Crippen LogP contribution is -2.36. The summed E-state index contributed by atoms with van der Waals surface area (Å²) in [6, 6.07) is 1.87. The first kappa shape index (κ1) is 11.7. The van der Waals surface area contributed by atoms with Gasteiger partial charge in [0.1, 0.15) is 0 Å². The van der Waals surface area contributed by atoms with Crippen molar-refractivity contribution in [3.8, 4) is 0 Å². The maximum atomic E-state index is 11.5. The first-order chi connectivity index (χ1) is 7.24. The highest BCUT2D eigenvalue weighted by Gasteiger charge is 2.10. The number of rotatable bonds is 6. The summed E-state index contributed by atoms with van der Waals surface area (Å²) in [5.41, 5.74) is 0. The van der Waals surface area contributed by atoms with E-state index in [2.05, 4.69) is 15.7 Å². The number of carbonyl (C=O) groups excluding carboxylic acids is 1. The normalized spacial score (nSPS) is 12.4. The molecule has 0 fully saturated rings. The molecular formula is C10H18N4O. The Bertz CT molecular complexity index is 284. The fraction of sp³-hybridized carbons (Fsp3) is 0.600. The summed E-state index contributed by atoms with van der Waals surface area (Å²) in [6.07, 6.45) is 3.61. The molecule has 0 radical (unpaired) electrons. The minimum Gasteiger partial charge on any atom is -0.354 e. The number of nitrogens with zero attached hydrogens (tertiary/aromatic N) is 2. The molecule has 0 aromatic carbocycles. The van der Waals surface area contributed by atoms with Gasteiger partial charge in [-0.25, -0.2) is 0 Å². The molecule has 1 atom stereocenters. The van der Waals surface area contributed by atoms with E-state index < -0.39 is 0 Å². The zero-order valence-corrected chi connectivity index (χ0v) is 9.23. The average Bonchev–Trinajstić information content (AvgIpc) is 2.71. The van der Waals surface area contributed by atoms with Crippen molar-refractivity contribution >= 4 is 5.91 Å². The Morgan fingerprint density at radius 3 is 3.00 bits per heavy atom. The van der Waals surface area contributed by atoms with Gasteiger partial charge in [-0.3, -0.25) is 9.48 Å². The van der Waals surface area contributed by atoms with Gasteiger partial charge in [-0.2, -0.15) is 5.10 Å². The summed E-state index contributed by atoms with van der Waals surface area (Å²) < 4.78 is 1.79. The van der Waals surface area contributed by atoms with Gasteiger partial charge < -0.3 is 10.6 Å². The Labute approximate surface area is 89.9 Å². The second-order valence-corrected chi connectivity index (χ2v) is 3.52. The molecule has 1 amide bonds. The molecule has 0 aliphatic heterocycles. The summed E-state index contributed by atoms with van der Waals surface area (Å²) in [7, 11) is 1.84. The molecule has 2 N–H and O–H groups in total. The van der Waals surface area contributed by atoms with Crippen LogP contribution in [0.15, 0.2) is 18.5 Å². The van der Waals surface area contributed by atoms with Gasteiger partial charge in [0.2, 0.25) is 5.91 Å². The summed E-state index contributed by atoms with van der Waals surface area (Å²) in [6.45, 7) is 3.94. The smallest absolute Gasteiger partial charge is 0.224 e. The Hall–Kier alpha value is -1.36. The Kier molecular flexibility index (Phi) is 4.83. The quantitative estimate of drug-likeness (QED) is 0.687. The van der Waals surface area contributed by atoms with Crippen molar-refractivity contribution in [2.45, 2.75) is 13.5 Å². The Morgan fingerprint density at radius 2 is 2.40 bits per heavy atom. The van der Waals surface area contributed by atoms with Crippen LogP contribution in [0.4, 0.5) is 0 Å². The van der Waals surface area contributed by atoms with E-state index in [-0.39, 0.29) is 11.8 Å². The second-order valence-electron chi connectivity index (χ2n) is 3.52. The van der Waals surface area contributed by atoms with Gasteiger partial charge in [-0.15, -0.1) is 0 Å². The standard InChI is InChI=1S/C10H18N4O/c1-9(8-11-2)10(15)12-5-7-14-6-3-4-13-14/h3-4,6,9,11H,5,7-8H2,1-2H3,(H,12,15). The predicted molar refractivity (Wildman–Crippen MR) is 58.3 cm³/mol. The molecule has 0 bridgehead atoms. The topological polar surface area (TPSA) is 59.0 Å². The largest absolute Gasteiger partial charge is 0.354 e. The monoisotopic (exact) mass is 210 g/mol. The second kappa shape index (κ2) is 6.19. The van der Waals surface area contributed by atoms with Gasteiger partial charge in [0.05, 0.1) is 6.54 Å². The highest BCUT2D eigenvalue weighted by atomic mass is 16.1. The maximum Gasteiger partial charge on any atom is 0.224 e. The van der Waals surface area contributed by atoms with Gasteiger partial charge in [-0.1, -0.05) is 6.92 Å². The molecule has 1 unspecified atom stereocenters. The number of carbonyl (C=O) groups is 1. The van der Waals surface area contributed by atoms with Crippen molar-refractivity contribution in [3.05, 3.63) is 18.5 Å². The van der Waals surface area contributed by atoms with Gasteiger partial charge in [-0.05, 0) is 13.1 Å². The van der Waals surface area contributed by atoms with E-state index in [9.17, 15) is 4.79 Å². The molecule has 5 heteroatoms. The predicted octanol–water partition coefficient (Wildman–Crippen LogP) is -0.145. The van der Waals surface area contributed by atoms with Crippen molar-refractivity contribution in [2.75, 3.05) is 20.1 Å². The molecule has 1 heterocycles. The Morgan fingerprint density at radius 1 is 1.60 bits per heavy atom. The molecule has 0 aliphatic rings. The number of hydrogen-bond donors (Lipinski definition) is 2. The molecule has 0 spiro atoms. The van der Waals surface area contributed by atoms with E-state index in [1.54, 1.807) is 10.9 Å². The van der Waals surface area contributed by atoms with Crippen molar-refractivity contribution < 1.29 is 4.79 Å². The van der Waals surface area contributed by atoms with Crippen LogP contribution in [0.5, 0.6) is 0 Å². The summed E-state index contributed by atoms with van der Waals surface area (Å²) in [5, 5.41) is 9.89. The molecule has 1 rings (SSSR count). The number of hydrogen-bond acceptors (Lipinski definition) is 3. The number of aromatic nitrogens is 2. The van der Waals surface area contributed by atoms with Crippen LogP contribution in [-0.2, 0) is 11.3 Å². The molecule has 0 saturated heterocycles. The number of nitrogens with one attached hydrogen (secondary N) is 2. The molecule has 0 saturated carbocycles. The van der Waals surface area contributed by atoms with E-state index >= 15 is 0 Å². The third kappa shape index (κ3) is 4.12. The van der Waals surface area contributed by atoms with Gasteiger partial charge in [0.15, 0.2) is 0 Å². The van der Waals surface area contributed by atoms with Gasteiger partial charge in [0.25, 0.3) is 0 Å². The van der Waals surface area contributed by atoms with Crippen molar-refractivity contribution in [1.29, 1.82) is 0 Å². The van der Waals surface area contributed by atoms with Crippen molar-refractivity contribution in [1.82, 2.24) is 20.4 Å². The summed E-state index contributed by atoms with van der Waals surface area (Å²) >= 11 is 0. The molecule has 1 aromatic rings. The van der Waals surface area contributed by atoms with E-state index in [0.717, 1.165) is 0 Å². The lowest BCUT2D eigenvalue weighted by molar-refractivity contribution is -0.124. The molecule has 15 heavy (non-hydrogen) atoms. The molecule has 0 aliphatic carbocycles. The molecular weight excluding hydrogens is 192 g/mol. The van der Waals surface area contributed by atoms with Crippen LogP contribution in [0.2, 0.25) is 0 Å². The fourth-order valence-corrected chi connectivity index (χ4v) is 1.30. The van der Waals surface area contributed by atoms with Crippen molar-refractivity contribution in [2.24, 2.45) is 5.92 Å². The third-order valence-electron chi connectivity index (χ3n) is 2.16. The van der Waals surface area contributed by atoms with Crippen LogP contribution >= 0.6 is 0 Å². The molecule has 84 valence electrons. The lowest BCUT2D eigenvalue weighted by Gasteiger charge is -2.11. The van der Waals surface area contributed by atoms with Crippen LogP contribution in [0, 0.1) is 5.92 Å². The minimum absolute atomic E-state index is 0.00706. The first-order valence-corrected chi connectivity index (χ1v) is 5.13. The summed E-state index contributed by atoms with van der Waals surface area (Å²) in [4.78, 5) is 11.5. The highest BCUT2D eigenvalue weighted by molar-refractivity contribution is 5.78. The van der Waals surface area contributed by atoms with Crippen LogP contribution in [0.3, 0.4) is 0 Å². The minimum atomic E-state index is 0.00706.